The summed E-state index contributed by atoms with van der Waals surface area (Å²) in [5, 5.41) is 0. The topological polar surface area (TPSA) is 47.8 Å². The standard InChI is InChI=1S/C19H13N3O/c23-19(14-8-2-1-3-9-14)22-17-12-5-4-10-15(17)21-18(22)16-11-6-7-13-20-16/h1-13H. The van der Waals surface area contributed by atoms with Gasteiger partial charge in [-0.3, -0.25) is 14.3 Å². The highest BCUT2D eigenvalue weighted by molar-refractivity contribution is 6.03. The molecule has 4 aromatic rings. The van der Waals surface area contributed by atoms with Gasteiger partial charge in [-0.25, -0.2) is 4.98 Å². The van der Waals surface area contributed by atoms with Crippen LogP contribution in [0.25, 0.3) is 22.6 Å². The van der Waals surface area contributed by atoms with Crippen LogP contribution in [-0.4, -0.2) is 20.4 Å². The molecule has 0 aliphatic carbocycles. The molecule has 2 heterocycles. The molecule has 0 fully saturated rings. The Bertz CT molecular complexity index is 975. The number of fused-ring (bicyclic) bond motifs is 1. The van der Waals surface area contributed by atoms with Crippen molar-refractivity contribution >= 4 is 16.9 Å². The van der Waals surface area contributed by atoms with Crippen molar-refractivity contribution in [2.75, 3.05) is 0 Å². The van der Waals surface area contributed by atoms with Crippen molar-refractivity contribution in [1.29, 1.82) is 0 Å². The minimum atomic E-state index is -0.111. The summed E-state index contributed by atoms with van der Waals surface area (Å²) in [6.45, 7) is 0. The maximum absolute atomic E-state index is 13.0. The van der Waals surface area contributed by atoms with Crippen LogP contribution in [0.15, 0.2) is 79.0 Å². The van der Waals surface area contributed by atoms with Crippen LogP contribution >= 0.6 is 0 Å². The van der Waals surface area contributed by atoms with Gasteiger partial charge in [-0.1, -0.05) is 36.4 Å². The Kier molecular flexibility index (Phi) is 3.20. The molecule has 0 unspecified atom stereocenters. The Morgan fingerprint density at radius 1 is 0.826 bits per heavy atom. The Balaban J connectivity index is 1.99. The van der Waals surface area contributed by atoms with Crippen LogP contribution in [0.3, 0.4) is 0 Å². The molecular formula is C19H13N3O. The van der Waals surface area contributed by atoms with Gasteiger partial charge < -0.3 is 0 Å². The van der Waals surface area contributed by atoms with Gasteiger partial charge in [-0.15, -0.1) is 0 Å². The first kappa shape index (κ1) is 13.4. The van der Waals surface area contributed by atoms with Crippen molar-refractivity contribution in [1.82, 2.24) is 14.5 Å². The molecular weight excluding hydrogens is 286 g/mol. The molecule has 0 N–H and O–H groups in total. The highest BCUT2D eigenvalue weighted by Crippen LogP contribution is 2.24. The fraction of sp³-hybridized carbons (Fsp3) is 0. The lowest BCUT2D eigenvalue weighted by Gasteiger charge is -2.07. The Labute approximate surface area is 133 Å². The van der Waals surface area contributed by atoms with Crippen molar-refractivity contribution in [3.63, 3.8) is 0 Å². The second-order valence-corrected chi connectivity index (χ2v) is 5.15. The largest absolute Gasteiger partial charge is 0.268 e. The summed E-state index contributed by atoms with van der Waals surface area (Å²) >= 11 is 0. The molecule has 0 aliphatic rings. The summed E-state index contributed by atoms with van der Waals surface area (Å²) in [5.41, 5.74) is 2.85. The first-order valence-electron chi connectivity index (χ1n) is 7.33. The summed E-state index contributed by atoms with van der Waals surface area (Å²) in [6.07, 6.45) is 1.70. The van der Waals surface area contributed by atoms with E-state index in [4.69, 9.17) is 0 Å². The third-order valence-electron chi connectivity index (χ3n) is 3.68. The SMILES string of the molecule is O=C(c1ccccc1)n1c(-c2ccccn2)nc2ccccc21. The first-order valence-corrected chi connectivity index (χ1v) is 7.33. The van der Waals surface area contributed by atoms with Crippen LogP contribution < -0.4 is 0 Å². The van der Waals surface area contributed by atoms with Crippen molar-refractivity contribution < 1.29 is 4.79 Å². The fourth-order valence-electron chi connectivity index (χ4n) is 2.61. The molecule has 0 radical (unpaired) electrons. The summed E-state index contributed by atoms with van der Waals surface area (Å²) in [5.74, 6) is 0.445. The number of aromatic nitrogens is 3. The number of imidazole rings is 1. The molecule has 0 bridgehead atoms. The van der Waals surface area contributed by atoms with Gasteiger partial charge in [0.25, 0.3) is 5.91 Å². The molecule has 4 rings (SSSR count). The maximum atomic E-state index is 13.0. The number of carbonyl (C=O) groups excluding carboxylic acids is 1. The van der Waals surface area contributed by atoms with Crippen LogP contribution in [0.2, 0.25) is 0 Å². The number of carbonyl (C=O) groups is 1. The molecule has 2 aromatic carbocycles. The third kappa shape index (κ3) is 2.30. The van der Waals surface area contributed by atoms with Gasteiger partial charge in [0.05, 0.1) is 11.0 Å². The lowest BCUT2D eigenvalue weighted by Crippen LogP contribution is -2.13. The van der Waals surface area contributed by atoms with E-state index in [9.17, 15) is 4.79 Å². The Hall–Kier alpha value is -3.27. The zero-order valence-corrected chi connectivity index (χ0v) is 12.3. The van der Waals surface area contributed by atoms with Crippen LogP contribution in [-0.2, 0) is 0 Å². The summed E-state index contributed by atoms with van der Waals surface area (Å²) in [7, 11) is 0. The molecule has 4 nitrogen and oxygen atoms in total. The molecule has 110 valence electrons. The molecule has 0 atom stereocenters. The van der Waals surface area contributed by atoms with Gasteiger partial charge in [-0.2, -0.15) is 0 Å². The molecule has 0 amide bonds. The number of benzene rings is 2. The summed E-state index contributed by atoms with van der Waals surface area (Å²) in [4.78, 5) is 22.0. The van der Waals surface area contributed by atoms with E-state index in [2.05, 4.69) is 9.97 Å². The minimum Gasteiger partial charge on any atom is -0.268 e. The van der Waals surface area contributed by atoms with E-state index < -0.39 is 0 Å². The number of pyridine rings is 1. The number of hydrogen-bond acceptors (Lipinski definition) is 3. The van der Waals surface area contributed by atoms with Gasteiger partial charge in [0.2, 0.25) is 0 Å². The Morgan fingerprint density at radius 2 is 1.57 bits per heavy atom. The van der Waals surface area contributed by atoms with E-state index in [1.165, 1.54) is 0 Å². The van der Waals surface area contributed by atoms with Crippen molar-refractivity contribution in [3.8, 4) is 11.5 Å². The van der Waals surface area contributed by atoms with Crippen LogP contribution in [0.1, 0.15) is 10.4 Å². The van der Waals surface area contributed by atoms with Gasteiger partial charge in [0.1, 0.15) is 5.69 Å². The van der Waals surface area contributed by atoms with E-state index in [-0.39, 0.29) is 5.91 Å². The molecule has 0 saturated carbocycles. The zero-order valence-electron chi connectivity index (χ0n) is 12.3. The van der Waals surface area contributed by atoms with Gasteiger partial charge in [-0.05, 0) is 36.4 Å². The van der Waals surface area contributed by atoms with E-state index in [1.807, 2.05) is 60.7 Å². The molecule has 0 spiro atoms. The van der Waals surface area contributed by atoms with Gasteiger partial charge >= 0.3 is 0 Å². The smallest absolute Gasteiger partial charge is 0.264 e. The van der Waals surface area contributed by atoms with E-state index in [0.29, 0.717) is 17.1 Å². The highest BCUT2D eigenvalue weighted by Gasteiger charge is 2.19. The molecule has 23 heavy (non-hydrogen) atoms. The normalized spacial score (nSPS) is 10.8. The van der Waals surface area contributed by atoms with Crippen molar-refractivity contribution in [2.45, 2.75) is 0 Å². The van der Waals surface area contributed by atoms with Gasteiger partial charge in [0, 0.05) is 11.8 Å². The summed E-state index contributed by atoms with van der Waals surface area (Å²) in [6, 6.07) is 22.4. The highest BCUT2D eigenvalue weighted by atomic mass is 16.2. The zero-order chi connectivity index (χ0) is 15.6. The second-order valence-electron chi connectivity index (χ2n) is 5.15. The molecule has 0 aliphatic heterocycles. The minimum absolute atomic E-state index is 0.111. The fourth-order valence-corrected chi connectivity index (χ4v) is 2.61. The maximum Gasteiger partial charge on any atom is 0.264 e. The van der Waals surface area contributed by atoms with E-state index in [0.717, 1.165) is 11.0 Å². The number of hydrogen-bond donors (Lipinski definition) is 0. The predicted molar refractivity (Wildman–Crippen MR) is 89.1 cm³/mol. The summed E-state index contributed by atoms with van der Waals surface area (Å²) < 4.78 is 1.63. The lowest BCUT2D eigenvalue weighted by molar-refractivity contribution is 0.0966. The van der Waals surface area contributed by atoms with Crippen LogP contribution in [0.5, 0.6) is 0 Å². The van der Waals surface area contributed by atoms with Crippen molar-refractivity contribution in [2.24, 2.45) is 0 Å². The molecule has 2 aromatic heterocycles. The number of nitrogens with zero attached hydrogens (tertiary/aromatic N) is 3. The Morgan fingerprint density at radius 3 is 2.35 bits per heavy atom. The van der Waals surface area contributed by atoms with E-state index >= 15 is 0 Å². The molecule has 0 saturated heterocycles. The third-order valence-corrected chi connectivity index (χ3v) is 3.68. The quantitative estimate of drug-likeness (QED) is 0.566. The molecule has 4 heteroatoms. The van der Waals surface area contributed by atoms with Crippen molar-refractivity contribution in [3.05, 3.63) is 84.6 Å². The number of para-hydroxylation sites is 2. The van der Waals surface area contributed by atoms with Crippen LogP contribution in [0.4, 0.5) is 0 Å². The second kappa shape index (κ2) is 5.50. The predicted octanol–water partition coefficient (Wildman–Crippen LogP) is 3.79. The van der Waals surface area contributed by atoms with Gasteiger partial charge in [0.15, 0.2) is 5.82 Å². The van der Waals surface area contributed by atoms with E-state index in [1.54, 1.807) is 22.9 Å². The average Bonchev–Trinajstić information content (AvgIpc) is 3.02. The monoisotopic (exact) mass is 299 g/mol. The average molecular weight is 299 g/mol. The number of rotatable bonds is 2. The lowest BCUT2D eigenvalue weighted by atomic mass is 10.2. The van der Waals surface area contributed by atoms with Crippen LogP contribution in [0, 0.1) is 0 Å². The first-order chi connectivity index (χ1) is 11.3.